The van der Waals surface area contributed by atoms with Crippen LogP contribution >= 0.6 is 0 Å². The van der Waals surface area contributed by atoms with Crippen molar-refractivity contribution < 1.29 is 5.11 Å². The van der Waals surface area contributed by atoms with E-state index < -0.39 is 0 Å². The number of rotatable bonds is 4. The van der Waals surface area contributed by atoms with Gasteiger partial charge in [0.05, 0.1) is 6.54 Å². The normalized spacial score (nSPS) is 31.1. The molecular formula is C13H17NO2. The summed E-state index contributed by atoms with van der Waals surface area (Å²) in [7, 11) is 0. The van der Waals surface area contributed by atoms with Gasteiger partial charge < -0.3 is 5.11 Å². The molecule has 16 heavy (non-hydrogen) atoms. The molecule has 0 aromatic heterocycles. The van der Waals surface area contributed by atoms with Crippen molar-refractivity contribution in [1.82, 2.24) is 0 Å². The Bertz CT molecular complexity index is 388. The Morgan fingerprint density at radius 2 is 1.94 bits per heavy atom. The minimum atomic E-state index is -0.273. The van der Waals surface area contributed by atoms with Gasteiger partial charge in [0, 0.05) is 17.9 Å². The molecule has 1 aliphatic carbocycles. The third-order valence-corrected chi connectivity index (χ3v) is 4.32. The second-order valence-corrected chi connectivity index (χ2v) is 5.08. The molecule has 0 spiro atoms. The summed E-state index contributed by atoms with van der Waals surface area (Å²) >= 11 is 0. The summed E-state index contributed by atoms with van der Waals surface area (Å²) in [5.41, 5.74) is 0.778. The van der Waals surface area contributed by atoms with Crippen molar-refractivity contribution >= 4 is 0 Å². The highest BCUT2D eigenvalue weighted by Gasteiger charge is 2.71. The van der Waals surface area contributed by atoms with Gasteiger partial charge >= 0.3 is 0 Å². The number of aliphatic hydroxyl groups excluding tert-OH is 1. The first-order valence-corrected chi connectivity index (χ1v) is 5.56. The van der Waals surface area contributed by atoms with Gasteiger partial charge in [-0.05, 0) is 11.0 Å². The Morgan fingerprint density at radius 3 is 2.38 bits per heavy atom. The van der Waals surface area contributed by atoms with Crippen LogP contribution in [-0.2, 0) is 5.41 Å². The molecule has 1 saturated carbocycles. The highest BCUT2D eigenvalue weighted by molar-refractivity contribution is 5.41. The maximum Gasteiger partial charge on any atom is 0.0916 e. The zero-order valence-electron chi connectivity index (χ0n) is 9.68. The SMILES string of the molecule is CC1(C)C(CO)C1(CN=O)c1ccccc1. The number of hydrogen-bond donors (Lipinski definition) is 1. The molecule has 1 N–H and O–H groups in total. The fourth-order valence-electron chi connectivity index (χ4n) is 3.17. The van der Waals surface area contributed by atoms with Gasteiger partial charge in [0.25, 0.3) is 0 Å². The molecule has 2 unspecified atom stereocenters. The van der Waals surface area contributed by atoms with Crippen LogP contribution in [0.4, 0.5) is 0 Å². The lowest BCUT2D eigenvalue weighted by atomic mass is 9.88. The maximum atomic E-state index is 10.7. The lowest BCUT2D eigenvalue weighted by molar-refractivity contribution is 0.253. The van der Waals surface area contributed by atoms with Crippen molar-refractivity contribution in [3.8, 4) is 0 Å². The summed E-state index contributed by atoms with van der Waals surface area (Å²) in [6.45, 7) is 4.53. The molecule has 86 valence electrons. The Morgan fingerprint density at radius 1 is 1.31 bits per heavy atom. The Labute approximate surface area is 95.5 Å². The standard InChI is InChI=1S/C13H17NO2/c1-12(2)11(8-15)13(12,9-14-16)10-6-4-3-5-7-10/h3-7,11,15H,8-9H2,1-2H3. The third-order valence-electron chi connectivity index (χ3n) is 4.32. The van der Waals surface area contributed by atoms with E-state index in [0.717, 1.165) is 5.56 Å². The molecule has 1 fully saturated rings. The minimum absolute atomic E-state index is 0.0585. The second kappa shape index (κ2) is 3.67. The second-order valence-electron chi connectivity index (χ2n) is 5.08. The number of aliphatic hydroxyl groups is 1. The molecule has 0 heterocycles. The van der Waals surface area contributed by atoms with E-state index in [4.69, 9.17) is 0 Å². The maximum absolute atomic E-state index is 10.7. The molecule has 0 amide bonds. The van der Waals surface area contributed by atoms with Crippen LogP contribution in [0, 0.1) is 16.2 Å². The zero-order chi connectivity index (χ0) is 11.8. The van der Waals surface area contributed by atoms with Gasteiger partial charge in [-0.25, -0.2) is 0 Å². The van der Waals surface area contributed by atoms with Crippen LogP contribution in [0.15, 0.2) is 35.5 Å². The molecular weight excluding hydrogens is 202 g/mol. The minimum Gasteiger partial charge on any atom is -0.396 e. The molecule has 0 radical (unpaired) electrons. The lowest BCUT2D eigenvalue weighted by Crippen LogP contribution is -2.19. The smallest absolute Gasteiger partial charge is 0.0916 e. The average Bonchev–Trinajstić information content (AvgIpc) is 2.77. The molecule has 2 rings (SSSR count). The fraction of sp³-hybridized carbons (Fsp3) is 0.538. The predicted octanol–water partition coefficient (Wildman–Crippen LogP) is 2.34. The predicted molar refractivity (Wildman–Crippen MR) is 63.1 cm³/mol. The van der Waals surface area contributed by atoms with Crippen molar-refractivity contribution in [2.24, 2.45) is 16.5 Å². The number of nitrogens with zero attached hydrogens (tertiary/aromatic N) is 1. The average molecular weight is 219 g/mol. The fourth-order valence-corrected chi connectivity index (χ4v) is 3.17. The largest absolute Gasteiger partial charge is 0.396 e. The van der Waals surface area contributed by atoms with Crippen LogP contribution in [0.1, 0.15) is 19.4 Å². The van der Waals surface area contributed by atoms with E-state index in [-0.39, 0.29) is 29.9 Å². The summed E-state index contributed by atoms with van der Waals surface area (Å²) < 4.78 is 0. The number of nitroso groups, excluding NO2 is 1. The summed E-state index contributed by atoms with van der Waals surface area (Å²) in [6, 6.07) is 9.91. The lowest BCUT2D eigenvalue weighted by Gasteiger charge is -2.17. The van der Waals surface area contributed by atoms with Crippen molar-refractivity contribution in [2.45, 2.75) is 19.3 Å². The molecule has 1 aromatic rings. The van der Waals surface area contributed by atoms with E-state index in [2.05, 4.69) is 19.0 Å². The van der Waals surface area contributed by atoms with E-state index in [1.54, 1.807) is 0 Å². The van der Waals surface area contributed by atoms with E-state index in [1.165, 1.54) is 0 Å². The van der Waals surface area contributed by atoms with Crippen LogP contribution in [0.2, 0.25) is 0 Å². The van der Waals surface area contributed by atoms with E-state index in [0.29, 0.717) is 0 Å². The molecule has 3 heteroatoms. The van der Waals surface area contributed by atoms with Gasteiger partial charge in [0.2, 0.25) is 0 Å². The number of hydrogen-bond acceptors (Lipinski definition) is 3. The van der Waals surface area contributed by atoms with Crippen molar-refractivity contribution in [2.75, 3.05) is 13.2 Å². The van der Waals surface area contributed by atoms with Crippen LogP contribution in [0.5, 0.6) is 0 Å². The van der Waals surface area contributed by atoms with Crippen molar-refractivity contribution in [1.29, 1.82) is 0 Å². The first kappa shape index (κ1) is 11.3. The van der Waals surface area contributed by atoms with E-state index in [9.17, 15) is 10.0 Å². The third kappa shape index (κ3) is 1.24. The van der Waals surface area contributed by atoms with E-state index in [1.807, 2.05) is 30.3 Å². The van der Waals surface area contributed by atoms with Crippen LogP contribution in [0.3, 0.4) is 0 Å². The van der Waals surface area contributed by atoms with Gasteiger partial charge in [-0.3, -0.25) is 0 Å². The van der Waals surface area contributed by atoms with Gasteiger partial charge in [0.15, 0.2) is 0 Å². The molecule has 0 saturated heterocycles. The van der Waals surface area contributed by atoms with Crippen LogP contribution in [0.25, 0.3) is 0 Å². The quantitative estimate of drug-likeness (QED) is 0.790. The van der Waals surface area contributed by atoms with E-state index >= 15 is 0 Å². The van der Waals surface area contributed by atoms with Gasteiger partial charge in [0.1, 0.15) is 0 Å². The Kier molecular flexibility index (Phi) is 2.58. The first-order chi connectivity index (χ1) is 7.61. The Balaban J connectivity index is 2.44. The number of benzene rings is 1. The van der Waals surface area contributed by atoms with Crippen LogP contribution in [-0.4, -0.2) is 18.3 Å². The molecule has 2 atom stereocenters. The molecule has 1 aliphatic rings. The topological polar surface area (TPSA) is 49.7 Å². The summed E-state index contributed by atoms with van der Waals surface area (Å²) in [5.74, 6) is 0.125. The molecule has 3 nitrogen and oxygen atoms in total. The van der Waals surface area contributed by atoms with Crippen LogP contribution < -0.4 is 0 Å². The van der Waals surface area contributed by atoms with Gasteiger partial charge in [-0.2, -0.15) is 4.91 Å². The highest BCUT2D eigenvalue weighted by Crippen LogP contribution is 2.69. The van der Waals surface area contributed by atoms with Crippen molar-refractivity contribution in [3.63, 3.8) is 0 Å². The zero-order valence-corrected chi connectivity index (χ0v) is 9.68. The monoisotopic (exact) mass is 219 g/mol. The van der Waals surface area contributed by atoms with Crippen molar-refractivity contribution in [3.05, 3.63) is 40.8 Å². The Hall–Kier alpha value is -1.22. The molecule has 1 aromatic carbocycles. The van der Waals surface area contributed by atoms with Gasteiger partial charge in [-0.15, -0.1) is 0 Å². The first-order valence-electron chi connectivity index (χ1n) is 5.56. The summed E-state index contributed by atoms with van der Waals surface area (Å²) in [4.78, 5) is 10.7. The summed E-state index contributed by atoms with van der Waals surface area (Å²) in [6.07, 6.45) is 0. The molecule has 0 aliphatic heterocycles. The molecule has 0 bridgehead atoms. The highest BCUT2D eigenvalue weighted by atomic mass is 16.3. The van der Waals surface area contributed by atoms with Gasteiger partial charge in [-0.1, -0.05) is 49.4 Å². The summed E-state index contributed by atoms with van der Waals surface area (Å²) in [5, 5.41) is 12.5.